The van der Waals surface area contributed by atoms with Crippen molar-refractivity contribution in [2.45, 2.75) is 25.7 Å². The number of aryl methyl sites for hydroxylation is 2. The van der Waals surface area contributed by atoms with Crippen LogP contribution in [-0.4, -0.2) is 23.2 Å². The SMILES string of the molecule is Cc1cc(=O)n(-c2ccc(NS(=O)(=O)c3cccc(C)c3C)cn2)[nH]1. The molecule has 0 fully saturated rings. The van der Waals surface area contributed by atoms with E-state index in [-0.39, 0.29) is 10.5 Å². The summed E-state index contributed by atoms with van der Waals surface area (Å²) >= 11 is 0. The third-order valence-electron chi connectivity index (χ3n) is 3.92. The van der Waals surface area contributed by atoms with Gasteiger partial charge in [0.2, 0.25) is 0 Å². The summed E-state index contributed by atoms with van der Waals surface area (Å²) < 4.78 is 29.0. The number of rotatable bonds is 4. The molecule has 2 aromatic heterocycles. The van der Waals surface area contributed by atoms with Gasteiger partial charge in [0, 0.05) is 11.8 Å². The first kappa shape index (κ1) is 17.0. The predicted octanol–water partition coefficient (Wildman–Crippen LogP) is 2.29. The molecule has 0 unspecified atom stereocenters. The molecule has 7 nitrogen and oxygen atoms in total. The van der Waals surface area contributed by atoms with Gasteiger partial charge in [-0.15, -0.1) is 0 Å². The zero-order valence-electron chi connectivity index (χ0n) is 14.1. The summed E-state index contributed by atoms with van der Waals surface area (Å²) in [5.41, 5.74) is 2.41. The molecule has 2 N–H and O–H groups in total. The maximum atomic E-state index is 12.6. The molecule has 130 valence electrons. The number of H-pyrrole nitrogens is 1. The van der Waals surface area contributed by atoms with E-state index in [4.69, 9.17) is 0 Å². The molecule has 2 heterocycles. The highest BCUT2D eigenvalue weighted by molar-refractivity contribution is 7.92. The molecule has 3 aromatic rings. The van der Waals surface area contributed by atoms with Crippen LogP contribution < -0.4 is 10.3 Å². The third kappa shape index (κ3) is 3.34. The molecule has 3 rings (SSSR count). The number of pyridine rings is 1. The van der Waals surface area contributed by atoms with Crippen LogP contribution in [0.3, 0.4) is 0 Å². The second-order valence-corrected chi connectivity index (χ2v) is 7.47. The van der Waals surface area contributed by atoms with Crippen LogP contribution in [-0.2, 0) is 10.0 Å². The quantitative estimate of drug-likeness (QED) is 0.748. The van der Waals surface area contributed by atoms with Gasteiger partial charge in [-0.1, -0.05) is 12.1 Å². The lowest BCUT2D eigenvalue weighted by atomic mass is 10.1. The summed E-state index contributed by atoms with van der Waals surface area (Å²) in [7, 11) is -3.71. The smallest absolute Gasteiger partial charge is 0.272 e. The molecule has 8 heteroatoms. The van der Waals surface area contributed by atoms with E-state index in [9.17, 15) is 13.2 Å². The van der Waals surface area contributed by atoms with Gasteiger partial charge in [0.15, 0.2) is 5.82 Å². The standard InChI is InChI=1S/C17H18N4O3S/c1-11-5-4-6-15(13(11)3)25(23,24)20-14-7-8-16(18-10-14)21-17(22)9-12(2)19-21/h4-10,19-20H,1-3H3. The van der Waals surface area contributed by atoms with Gasteiger partial charge in [0.1, 0.15) is 0 Å². The molecule has 0 saturated heterocycles. The van der Waals surface area contributed by atoms with E-state index in [2.05, 4.69) is 14.8 Å². The van der Waals surface area contributed by atoms with Gasteiger partial charge in [-0.3, -0.25) is 14.6 Å². The Labute approximate surface area is 145 Å². The van der Waals surface area contributed by atoms with E-state index < -0.39 is 10.0 Å². The Morgan fingerprint density at radius 3 is 2.48 bits per heavy atom. The Bertz CT molecular complexity index is 1080. The van der Waals surface area contributed by atoms with Crippen molar-refractivity contribution in [1.82, 2.24) is 14.8 Å². The van der Waals surface area contributed by atoms with Crippen LogP contribution >= 0.6 is 0 Å². The number of sulfonamides is 1. The number of hydrogen-bond donors (Lipinski definition) is 2. The molecule has 0 amide bonds. The highest BCUT2D eigenvalue weighted by atomic mass is 32.2. The molecule has 0 radical (unpaired) electrons. The summed E-state index contributed by atoms with van der Waals surface area (Å²) in [6.45, 7) is 5.40. The minimum Gasteiger partial charge on any atom is -0.294 e. The van der Waals surface area contributed by atoms with Gasteiger partial charge in [0.25, 0.3) is 15.6 Å². The van der Waals surface area contributed by atoms with Gasteiger partial charge >= 0.3 is 0 Å². The normalized spacial score (nSPS) is 11.5. The van der Waals surface area contributed by atoms with Gasteiger partial charge in [-0.25, -0.2) is 18.1 Å². The number of aromatic amines is 1. The fourth-order valence-electron chi connectivity index (χ4n) is 2.49. The Kier molecular flexibility index (Phi) is 4.22. The maximum Gasteiger partial charge on any atom is 0.272 e. The van der Waals surface area contributed by atoms with E-state index in [1.54, 1.807) is 38.1 Å². The second kappa shape index (κ2) is 6.21. The largest absolute Gasteiger partial charge is 0.294 e. The van der Waals surface area contributed by atoms with Crippen LogP contribution in [0.1, 0.15) is 16.8 Å². The summed E-state index contributed by atoms with van der Waals surface area (Å²) in [6.07, 6.45) is 1.38. The average molecular weight is 358 g/mol. The lowest BCUT2D eigenvalue weighted by Gasteiger charge is -2.12. The fourth-order valence-corrected chi connectivity index (χ4v) is 3.85. The monoisotopic (exact) mass is 358 g/mol. The van der Waals surface area contributed by atoms with Crippen LogP contribution in [0.25, 0.3) is 5.82 Å². The molecular weight excluding hydrogens is 340 g/mol. The van der Waals surface area contributed by atoms with Gasteiger partial charge in [-0.2, -0.15) is 0 Å². The summed E-state index contributed by atoms with van der Waals surface area (Å²) in [6, 6.07) is 9.72. The van der Waals surface area contributed by atoms with Crippen molar-refractivity contribution in [3.8, 4) is 5.82 Å². The molecule has 0 saturated carbocycles. The first-order chi connectivity index (χ1) is 11.8. The minimum absolute atomic E-state index is 0.228. The van der Waals surface area contributed by atoms with Crippen molar-refractivity contribution in [3.05, 3.63) is 69.8 Å². The average Bonchev–Trinajstić information content (AvgIpc) is 2.89. The van der Waals surface area contributed by atoms with E-state index in [0.29, 0.717) is 22.8 Å². The van der Waals surface area contributed by atoms with Gasteiger partial charge < -0.3 is 0 Å². The first-order valence-corrected chi connectivity index (χ1v) is 9.10. The van der Waals surface area contributed by atoms with Crippen molar-refractivity contribution in [3.63, 3.8) is 0 Å². The number of anilines is 1. The van der Waals surface area contributed by atoms with Gasteiger partial charge in [-0.05, 0) is 50.1 Å². The lowest BCUT2D eigenvalue weighted by Crippen LogP contribution is -2.16. The highest BCUT2D eigenvalue weighted by Gasteiger charge is 2.18. The van der Waals surface area contributed by atoms with Crippen molar-refractivity contribution >= 4 is 15.7 Å². The number of nitrogens with zero attached hydrogens (tertiary/aromatic N) is 2. The van der Waals surface area contributed by atoms with Gasteiger partial charge in [0.05, 0.1) is 16.8 Å². The number of aromatic nitrogens is 3. The van der Waals surface area contributed by atoms with Crippen LogP contribution in [0.5, 0.6) is 0 Å². The van der Waals surface area contributed by atoms with Crippen molar-refractivity contribution in [2.24, 2.45) is 0 Å². The van der Waals surface area contributed by atoms with Crippen molar-refractivity contribution in [2.75, 3.05) is 4.72 Å². The van der Waals surface area contributed by atoms with Crippen LogP contribution in [0, 0.1) is 20.8 Å². The topological polar surface area (TPSA) is 96.8 Å². The van der Waals surface area contributed by atoms with Crippen molar-refractivity contribution < 1.29 is 8.42 Å². The molecular formula is C17H18N4O3S. The minimum atomic E-state index is -3.71. The summed E-state index contributed by atoms with van der Waals surface area (Å²) in [4.78, 5) is 16.2. The lowest BCUT2D eigenvalue weighted by molar-refractivity contribution is 0.600. The van der Waals surface area contributed by atoms with Crippen LogP contribution in [0.15, 0.2) is 52.3 Å². The molecule has 0 bridgehead atoms. The third-order valence-corrected chi connectivity index (χ3v) is 5.45. The summed E-state index contributed by atoms with van der Waals surface area (Å²) in [5, 5.41) is 2.87. The van der Waals surface area contributed by atoms with E-state index in [0.717, 1.165) is 5.56 Å². The first-order valence-electron chi connectivity index (χ1n) is 7.62. The molecule has 0 atom stereocenters. The van der Waals surface area contributed by atoms with Crippen molar-refractivity contribution in [1.29, 1.82) is 0 Å². The molecule has 1 aromatic carbocycles. The fraction of sp³-hybridized carbons (Fsp3) is 0.176. The molecule has 0 aliphatic heterocycles. The maximum absolute atomic E-state index is 12.6. The zero-order valence-corrected chi connectivity index (χ0v) is 14.9. The molecule has 0 spiro atoms. The summed E-state index contributed by atoms with van der Waals surface area (Å²) in [5.74, 6) is 0.382. The predicted molar refractivity (Wildman–Crippen MR) is 95.6 cm³/mol. The Morgan fingerprint density at radius 2 is 1.88 bits per heavy atom. The van der Waals surface area contributed by atoms with E-state index >= 15 is 0 Å². The zero-order chi connectivity index (χ0) is 18.2. The number of nitrogens with one attached hydrogen (secondary N) is 2. The van der Waals surface area contributed by atoms with Crippen LogP contribution in [0.4, 0.5) is 5.69 Å². The number of hydrogen-bond acceptors (Lipinski definition) is 4. The van der Waals surface area contributed by atoms with Crippen LogP contribution in [0.2, 0.25) is 0 Å². The second-order valence-electron chi connectivity index (χ2n) is 5.82. The highest BCUT2D eigenvalue weighted by Crippen LogP contribution is 2.21. The molecule has 0 aliphatic rings. The Hall–Kier alpha value is -2.87. The number of benzene rings is 1. The van der Waals surface area contributed by atoms with E-state index in [1.807, 2.05) is 13.0 Å². The van der Waals surface area contributed by atoms with E-state index in [1.165, 1.54) is 16.9 Å². The molecule has 0 aliphatic carbocycles. The Morgan fingerprint density at radius 1 is 1.12 bits per heavy atom. The Balaban J connectivity index is 1.90. The molecule has 25 heavy (non-hydrogen) atoms.